The topological polar surface area (TPSA) is 70.2 Å². The average Bonchev–Trinajstić information content (AvgIpc) is 3.34. The van der Waals surface area contributed by atoms with Crippen molar-refractivity contribution < 1.29 is 9.59 Å². The Bertz CT molecular complexity index is 596. The van der Waals surface area contributed by atoms with Crippen molar-refractivity contribution in [2.24, 2.45) is 0 Å². The highest BCUT2D eigenvalue weighted by molar-refractivity contribution is 7.99. The highest BCUT2D eigenvalue weighted by Gasteiger charge is 2.24. The van der Waals surface area contributed by atoms with Crippen LogP contribution in [0.5, 0.6) is 0 Å². The van der Waals surface area contributed by atoms with Crippen LogP contribution in [0.1, 0.15) is 35.2 Å². The molecule has 0 bridgehead atoms. The second-order valence-corrected chi connectivity index (χ2v) is 7.41. The van der Waals surface area contributed by atoms with E-state index in [0.717, 1.165) is 42.1 Å². The minimum atomic E-state index is -0.0617. The van der Waals surface area contributed by atoms with Gasteiger partial charge in [-0.3, -0.25) is 9.59 Å². The molecule has 5 nitrogen and oxygen atoms in total. The molecule has 1 aromatic rings. The number of anilines is 1. The fourth-order valence-corrected chi connectivity index (χ4v) is 3.52. The highest BCUT2D eigenvalue weighted by Crippen LogP contribution is 2.21. The lowest BCUT2D eigenvalue weighted by Gasteiger charge is -2.22. The molecule has 0 radical (unpaired) electrons. The summed E-state index contributed by atoms with van der Waals surface area (Å²) in [5.74, 6) is 2.01. The number of carbonyl (C=O) groups excluding carboxylic acids is 2. The molecule has 3 N–H and O–H groups in total. The fraction of sp³-hybridized carbons (Fsp3) is 0.529. The van der Waals surface area contributed by atoms with Crippen molar-refractivity contribution in [3.05, 3.63) is 29.3 Å². The molecule has 6 heteroatoms. The molecule has 0 aromatic heterocycles. The lowest BCUT2D eigenvalue weighted by Crippen LogP contribution is -2.40. The summed E-state index contributed by atoms with van der Waals surface area (Å²) >= 11 is 1.88. The number of thioether (sulfide) groups is 1. The third-order valence-electron chi connectivity index (χ3n) is 4.12. The second kappa shape index (κ2) is 7.36. The normalized spacial score (nSPS) is 20.8. The standard InChI is InChI=1S/C17H23N3O2S/c1-11-2-3-12(17(22)19-13-4-5-13)8-15(11)20-16(21)9-14-10-23-7-6-18-14/h2-3,8,13-14,18H,4-7,9-10H2,1H3,(H,19,22)(H,20,21). The first kappa shape index (κ1) is 16.3. The van der Waals surface area contributed by atoms with Crippen LogP contribution < -0.4 is 16.0 Å². The molecule has 1 saturated heterocycles. The molecule has 1 saturated carbocycles. The van der Waals surface area contributed by atoms with E-state index in [9.17, 15) is 9.59 Å². The molecule has 2 aliphatic rings. The molecule has 1 aliphatic carbocycles. The number of hydrogen-bond donors (Lipinski definition) is 3. The van der Waals surface area contributed by atoms with Crippen molar-refractivity contribution in [2.75, 3.05) is 23.4 Å². The summed E-state index contributed by atoms with van der Waals surface area (Å²) in [7, 11) is 0. The summed E-state index contributed by atoms with van der Waals surface area (Å²) in [5.41, 5.74) is 2.29. The Kier molecular flexibility index (Phi) is 5.23. The Morgan fingerprint density at radius 2 is 2.17 bits per heavy atom. The van der Waals surface area contributed by atoms with Crippen LogP contribution in [0.15, 0.2) is 18.2 Å². The number of carbonyl (C=O) groups is 2. The van der Waals surface area contributed by atoms with E-state index >= 15 is 0 Å². The average molecular weight is 333 g/mol. The van der Waals surface area contributed by atoms with Crippen molar-refractivity contribution in [3.63, 3.8) is 0 Å². The molecule has 2 amide bonds. The van der Waals surface area contributed by atoms with Crippen LogP contribution in [0.25, 0.3) is 0 Å². The van der Waals surface area contributed by atoms with Gasteiger partial charge in [0.1, 0.15) is 0 Å². The molecule has 1 heterocycles. The summed E-state index contributed by atoms with van der Waals surface area (Å²) in [6, 6.07) is 6.02. The van der Waals surface area contributed by atoms with Crippen LogP contribution in [0.3, 0.4) is 0 Å². The Hall–Kier alpha value is -1.53. The van der Waals surface area contributed by atoms with Gasteiger partial charge in [0.2, 0.25) is 5.91 Å². The van der Waals surface area contributed by atoms with Gasteiger partial charge in [0.15, 0.2) is 0 Å². The second-order valence-electron chi connectivity index (χ2n) is 6.26. The van der Waals surface area contributed by atoms with Gasteiger partial charge in [0.05, 0.1) is 0 Å². The maximum absolute atomic E-state index is 12.2. The Balaban J connectivity index is 1.61. The Labute approximate surface area is 141 Å². The van der Waals surface area contributed by atoms with Crippen LogP contribution >= 0.6 is 11.8 Å². The van der Waals surface area contributed by atoms with E-state index in [-0.39, 0.29) is 17.9 Å². The van der Waals surface area contributed by atoms with Gasteiger partial charge in [0.25, 0.3) is 5.91 Å². The van der Waals surface area contributed by atoms with Crippen LogP contribution in [-0.4, -0.2) is 41.9 Å². The molecule has 23 heavy (non-hydrogen) atoms. The van der Waals surface area contributed by atoms with Gasteiger partial charge in [-0.1, -0.05) is 6.07 Å². The first-order valence-corrected chi connectivity index (χ1v) is 9.30. The van der Waals surface area contributed by atoms with Gasteiger partial charge >= 0.3 is 0 Å². The molecule has 2 fully saturated rings. The largest absolute Gasteiger partial charge is 0.349 e. The fourth-order valence-electron chi connectivity index (χ4n) is 2.57. The SMILES string of the molecule is Cc1ccc(C(=O)NC2CC2)cc1NC(=O)CC1CSCCN1. The first-order valence-electron chi connectivity index (χ1n) is 8.14. The van der Waals surface area contributed by atoms with E-state index in [1.807, 2.05) is 30.8 Å². The van der Waals surface area contributed by atoms with E-state index in [1.165, 1.54) is 0 Å². The van der Waals surface area contributed by atoms with Crippen LogP contribution in [0.2, 0.25) is 0 Å². The summed E-state index contributed by atoms with van der Waals surface area (Å²) in [6.07, 6.45) is 2.59. The molecule has 3 rings (SSSR count). The molecule has 1 unspecified atom stereocenters. The number of aryl methyl sites for hydroxylation is 1. The van der Waals surface area contributed by atoms with Gasteiger partial charge in [-0.15, -0.1) is 0 Å². The third-order valence-corrected chi connectivity index (χ3v) is 5.25. The van der Waals surface area contributed by atoms with Crippen molar-refractivity contribution >= 4 is 29.3 Å². The molecule has 1 aliphatic heterocycles. The quantitative estimate of drug-likeness (QED) is 0.770. The van der Waals surface area contributed by atoms with Crippen molar-refractivity contribution in [2.45, 2.75) is 38.3 Å². The van der Waals surface area contributed by atoms with Crippen LogP contribution in [0.4, 0.5) is 5.69 Å². The zero-order chi connectivity index (χ0) is 16.2. The van der Waals surface area contributed by atoms with Crippen molar-refractivity contribution in [1.29, 1.82) is 0 Å². The lowest BCUT2D eigenvalue weighted by atomic mass is 10.1. The highest BCUT2D eigenvalue weighted by atomic mass is 32.2. The zero-order valence-electron chi connectivity index (χ0n) is 13.4. The summed E-state index contributed by atoms with van der Waals surface area (Å²) in [4.78, 5) is 24.4. The predicted molar refractivity (Wildman–Crippen MR) is 94.0 cm³/mol. The van der Waals surface area contributed by atoms with E-state index in [1.54, 1.807) is 6.07 Å². The molecular formula is C17H23N3O2S. The van der Waals surface area contributed by atoms with Gasteiger partial charge < -0.3 is 16.0 Å². The Morgan fingerprint density at radius 1 is 1.35 bits per heavy atom. The first-order chi connectivity index (χ1) is 11.1. The molecule has 1 aromatic carbocycles. The molecule has 124 valence electrons. The maximum Gasteiger partial charge on any atom is 0.251 e. The minimum Gasteiger partial charge on any atom is -0.349 e. The van der Waals surface area contributed by atoms with Crippen molar-refractivity contribution in [3.8, 4) is 0 Å². The third kappa shape index (κ3) is 4.72. The van der Waals surface area contributed by atoms with Gasteiger partial charge in [0, 0.05) is 47.8 Å². The van der Waals surface area contributed by atoms with Crippen molar-refractivity contribution in [1.82, 2.24) is 10.6 Å². The van der Waals surface area contributed by atoms with Gasteiger partial charge in [-0.2, -0.15) is 11.8 Å². The van der Waals surface area contributed by atoms with E-state index < -0.39 is 0 Å². The van der Waals surface area contributed by atoms with E-state index in [2.05, 4.69) is 16.0 Å². The maximum atomic E-state index is 12.2. The van der Waals surface area contributed by atoms with E-state index in [0.29, 0.717) is 18.0 Å². The van der Waals surface area contributed by atoms with Gasteiger partial charge in [-0.05, 0) is 37.5 Å². The molecule has 1 atom stereocenters. The number of nitrogens with one attached hydrogen (secondary N) is 3. The zero-order valence-corrected chi connectivity index (χ0v) is 14.2. The Morgan fingerprint density at radius 3 is 2.87 bits per heavy atom. The molecular weight excluding hydrogens is 310 g/mol. The smallest absolute Gasteiger partial charge is 0.251 e. The molecule has 0 spiro atoms. The summed E-state index contributed by atoms with van der Waals surface area (Å²) in [6.45, 7) is 2.89. The lowest BCUT2D eigenvalue weighted by molar-refractivity contribution is -0.116. The van der Waals surface area contributed by atoms with Gasteiger partial charge in [-0.25, -0.2) is 0 Å². The minimum absolute atomic E-state index is 0.00662. The van der Waals surface area contributed by atoms with Crippen LogP contribution in [0, 0.1) is 6.92 Å². The number of benzene rings is 1. The monoisotopic (exact) mass is 333 g/mol. The van der Waals surface area contributed by atoms with E-state index in [4.69, 9.17) is 0 Å². The number of hydrogen-bond acceptors (Lipinski definition) is 4. The van der Waals surface area contributed by atoms with Crippen LogP contribution in [-0.2, 0) is 4.79 Å². The predicted octanol–water partition coefficient (Wildman–Crippen LogP) is 1.92. The number of amides is 2. The summed E-state index contributed by atoms with van der Waals surface area (Å²) in [5, 5.41) is 9.29. The summed E-state index contributed by atoms with van der Waals surface area (Å²) < 4.78 is 0. The number of rotatable bonds is 5.